The molecule has 0 aliphatic carbocycles. The van der Waals surface area contributed by atoms with Gasteiger partial charge in [0.05, 0.1) is 12.7 Å². The Balaban J connectivity index is 1.52. The molecule has 1 aliphatic heterocycles. The summed E-state index contributed by atoms with van der Waals surface area (Å²) in [6, 6.07) is 18.0. The summed E-state index contributed by atoms with van der Waals surface area (Å²) in [5.74, 6) is 2.21. The number of allylic oxidation sites excluding steroid dienone is 1. The summed E-state index contributed by atoms with van der Waals surface area (Å²) in [5, 5.41) is 12.8. The van der Waals surface area contributed by atoms with E-state index in [1.54, 1.807) is 41.8 Å². The largest absolute Gasteiger partial charge is 0.493 e. The number of halogens is 2. The van der Waals surface area contributed by atoms with Gasteiger partial charge in [0, 0.05) is 32.7 Å². The van der Waals surface area contributed by atoms with Gasteiger partial charge in [0.15, 0.2) is 11.5 Å². The number of rotatable bonds is 10. The highest BCUT2D eigenvalue weighted by atomic mass is 35.5. The van der Waals surface area contributed by atoms with E-state index in [9.17, 15) is 4.79 Å². The molecule has 1 unspecified atom stereocenters. The van der Waals surface area contributed by atoms with Gasteiger partial charge >= 0.3 is 0 Å². The third-order valence-corrected chi connectivity index (χ3v) is 8.48. The fourth-order valence-electron chi connectivity index (χ4n) is 4.70. The van der Waals surface area contributed by atoms with Crippen LogP contribution in [0.1, 0.15) is 43.0 Å². The molecule has 2 heterocycles. The van der Waals surface area contributed by atoms with Crippen molar-refractivity contribution in [2.24, 2.45) is 0 Å². The van der Waals surface area contributed by atoms with Crippen molar-refractivity contribution < 1.29 is 14.3 Å². The Labute approximate surface area is 259 Å². The normalized spacial score (nSPS) is 14.3. The molecule has 0 radical (unpaired) electrons. The van der Waals surface area contributed by atoms with E-state index in [1.807, 2.05) is 56.3 Å². The second-order valence-corrected chi connectivity index (χ2v) is 11.7. The monoisotopic (exact) mass is 623 g/mol. The minimum Gasteiger partial charge on any atom is -0.493 e. The Kier molecular flexibility index (Phi) is 9.30. The van der Waals surface area contributed by atoms with E-state index < -0.39 is 6.04 Å². The third kappa shape index (κ3) is 6.38. The van der Waals surface area contributed by atoms with E-state index >= 15 is 0 Å². The Morgan fingerprint density at radius 2 is 1.83 bits per heavy atom. The zero-order valence-electron chi connectivity index (χ0n) is 23.7. The molecule has 1 aliphatic rings. The molecule has 8 nitrogen and oxygen atoms in total. The first-order chi connectivity index (χ1) is 20.3. The van der Waals surface area contributed by atoms with Crippen LogP contribution in [0.2, 0.25) is 10.0 Å². The zero-order chi connectivity index (χ0) is 29.8. The molecular weight excluding hydrogens is 593 g/mol. The molecule has 0 saturated heterocycles. The number of hydrogen-bond donors (Lipinski definition) is 2. The van der Waals surface area contributed by atoms with Crippen LogP contribution in [-0.2, 0) is 11.4 Å². The number of aromatic nitrogens is 3. The average Bonchev–Trinajstić information content (AvgIpc) is 3.37. The lowest BCUT2D eigenvalue weighted by Crippen LogP contribution is -2.31. The van der Waals surface area contributed by atoms with Crippen LogP contribution in [0.25, 0.3) is 0 Å². The first-order valence-electron chi connectivity index (χ1n) is 13.5. The molecule has 0 fully saturated rings. The Morgan fingerprint density at radius 3 is 2.55 bits per heavy atom. The van der Waals surface area contributed by atoms with Crippen molar-refractivity contribution in [1.82, 2.24) is 14.8 Å². The summed E-state index contributed by atoms with van der Waals surface area (Å²) in [6.07, 6.45) is 0.991. The molecule has 5 rings (SSSR count). The van der Waals surface area contributed by atoms with Crippen molar-refractivity contribution in [3.63, 3.8) is 0 Å². The van der Waals surface area contributed by atoms with Gasteiger partial charge in [-0.15, -0.1) is 5.10 Å². The number of ether oxygens (including phenoxy) is 2. The zero-order valence-corrected chi connectivity index (χ0v) is 26.0. The first kappa shape index (κ1) is 29.8. The fraction of sp³-hybridized carbons (Fsp3) is 0.258. The van der Waals surface area contributed by atoms with E-state index in [0.717, 1.165) is 23.3 Å². The minimum atomic E-state index is -0.574. The summed E-state index contributed by atoms with van der Waals surface area (Å²) in [6.45, 7) is 6.13. The Hall–Kier alpha value is -3.66. The van der Waals surface area contributed by atoms with Crippen LogP contribution in [-0.4, -0.2) is 33.5 Å². The van der Waals surface area contributed by atoms with Gasteiger partial charge in [-0.2, -0.15) is 4.98 Å². The van der Waals surface area contributed by atoms with E-state index in [-0.39, 0.29) is 12.5 Å². The van der Waals surface area contributed by atoms with Crippen LogP contribution in [0.3, 0.4) is 0 Å². The fourth-order valence-corrected chi connectivity index (χ4v) is 5.89. The van der Waals surface area contributed by atoms with Crippen LogP contribution in [0, 0.1) is 6.92 Å². The molecule has 1 atom stereocenters. The smallest absolute Gasteiger partial charge is 0.255 e. The van der Waals surface area contributed by atoms with Crippen LogP contribution in [0.5, 0.6) is 11.5 Å². The number of methoxy groups -OCH3 is 1. The molecular formula is C31H31Cl2N5O3S. The molecule has 1 aromatic heterocycles. The lowest BCUT2D eigenvalue weighted by atomic mass is 9.94. The minimum absolute atomic E-state index is 0.163. The number of aryl methyl sites for hydroxylation is 1. The van der Waals surface area contributed by atoms with Crippen molar-refractivity contribution in [2.75, 3.05) is 23.5 Å². The summed E-state index contributed by atoms with van der Waals surface area (Å²) in [7, 11) is 1.57. The number of benzene rings is 3. The Morgan fingerprint density at radius 1 is 1.07 bits per heavy atom. The summed E-state index contributed by atoms with van der Waals surface area (Å²) < 4.78 is 13.6. The summed E-state index contributed by atoms with van der Waals surface area (Å²) >= 11 is 14.3. The number of carbonyl (C=O) groups excluding carboxylic acids is 1. The highest BCUT2D eigenvalue weighted by Gasteiger charge is 2.35. The van der Waals surface area contributed by atoms with Gasteiger partial charge < -0.3 is 20.1 Å². The van der Waals surface area contributed by atoms with Crippen molar-refractivity contribution in [1.29, 1.82) is 0 Å². The van der Waals surface area contributed by atoms with Gasteiger partial charge in [0.25, 0.3) is 5.91 Å². The standard InChI is InChI=1S/C31H31Cl2N5O3S/c1-5-14-42-31-36-30-34-19(3)27(29(39)35-21-9-6-8-18(2)15-21)28(38(30)37-31)20-12-13-25(26(16-20)40-4)41-17-22-23(32)10-7-11-24(22)33/h6-13,15-16,28H,5,14,17H2,1-4H3,(H,35,39)(H,34,36,37). The molecule has 0 saturated carbocycles. The predicted octanol–water partition coefficient (Wildman–Crippen LogP) is 7.91. The SMILES string of the molecule is CCCSc1nc2n(n1)C(c1ccc(OCc3c(Cl)cccc3Cl)c(OC)c1)C(C(=O)Nc1cccc(C)c1)=C(C)N2. The first-order valence-corrected chi connectivity index (χ1v) is 15.2. The Bertz CT molecular complexity index is 1640. The quantitative estimate of drug-likeness (QED) is 0.173. The maximum Gasteiger partial charge on any atom is 0.255 e. The van der Waals surface area contributed by atoms with E-state index in [0.29, 0.717) is 55.2 Å². The second kappa shape index (κ2) is 13.1. The molecule has 4 aromatic rings. The molecule has 218 valence electrons. The van der Waals surface area contributed by atoms with Crippen LogP contribution >= 0.6 is 35.0 Å². The molecule has 3 aromatic carbocycles. The highest BCUT2D eigenvalue weighted by Crippen LogP contribution is 2.40. The number of fused-ring (bicyclic) bond motifs is 1. The van der Waals surface area contributed by atoms with Crippen LogP contribution in [0.4, 0.5) is 11.6 Å². The topological polar surface area (TPSA) is 90.3 Å². The number of carbonyl (C=O) groups is 1. The number of nitrogens with zero attached hydrogens (tertiary/aromatic N) is 3. The number of amides is 1. The molecule has 42 heavy (non-hydrogen) atoms. The number of anilines is 2. The lowest BCUT2D eigenvalue weighted by Gasteiger charge is -2.29. The number of hydrogen-bond acceptors (Lipinski definition) is 7. The third-order valence-electron chi connectivity index (χ3n) is 6.73. The summed E-state index contributed by atoms with van der Waals surface area (Å²) in [5.41, 5.74) is 4.42. The van der Waals surface area contributed by atoms with E-state index in [1.165, 1.54) is 0 Å². The summed E-state index contributed by atoms with van der Waals surface area (Å²) in [4.78, 5) is 18.5. The maximum absolute atomic E-state index is 13.8. The lowest BCUT2D eigenvalue weighted by molar-refractivity contribution is -0.113. The van der Waals surface area contributed by atoms with Gasteiger partial charge in [-0.05, 0) is 67.8 Å². The van der Waals surface area contributed by atoms with Crippen molar-refractivity contribution in [3.8, 4) is 11.5 Å². The van der Waals surface area contributed by atoms with Crippen molar-refractivity contribution in [3.05, 3.63) is 98.7 Å². The number of thioether (sulfide) groups is 1. The molecule has 1 amide bonds. The number of nitrogens with one attached hydrogen (secondary N) is 2. The highest BCUT2D eigenvalue weighted by molar-refractivity contribution is 7.99. The molecule has 0 spiro atoms. The van der Waals surface area contributed by atoms with Crippen molar-refractivity contribution >= 4 is 52.5 Å². The molecule has 0 bridgehead atoms. The van der Waals surface area contributed by atoms with Gasteiger partial charge in [0.1, 0.15) is 12.6 Å². The molecule has 11 heteroatoms. The maximum atomic E-state index is 13.8. The average molecular weight is 625 g/mol. The van der Waals surface area contributed by atoms with Crippen LogP contribution in [0.15, 0.2) is 77.1 Å². The van der Waals surface area contributed by atoms with Gasteiger partial charge in [-0.3, -0.25) is 4.79 Å². The van der Waals surface area contributed by atoms with Gasteiger partial charge in [-0.25, -0.2) is 4.68 Å². The predicted molar refractivity (Wildman–Crippen MR) is 169 cm³/mol. The van der Waals surface area contributed by atoms with Crippen LogP contribution < -0.4 is 20.1 Å². The van der Waals surface area contributed by atoms with Gasteiger partial charge in [-0.1, -0.05) is 66.2 Å². The molecule has 2 N–H and O–H groups in total. The van der Waals surface area contributed by atoms with E-state index in [2.05, 4.69) is 17.6 Å². The van der Waals surface area contributed by atoms with Gasteiger partial charge in [0.2, 0.25) is 11.1 Å². The van der Waals surface area contributed by atoms with Crippen molar-refractivity contribution in [2.45, 2.75) is 45.0 Å². The van der Waals surface area contributed by atoms with E-state index in [4.69, 9.17) is 42.8 Å². The second-order valence-electron chi connectivity index (χ2n) is 9.80.